The van der Waals surface area contributed by atoms with Gasteiger partial charge < -0.3 is 4.74 Å². The molecular weight excluding hydrogens is 196 g/mol. The Labute approximate surface area is 101 Å². The molecule has 0 aromatic rings. The van der Waals surface area contributed by atoms with Crippen LogP contribution in [-0.4, -0.2) is 12.2 Å². The van der Waals surface area contributed by atoms with E-state index < -0.39 is 0 Å². The zero-order valence-electron chi connectivity index (χ0n) is 10.8. The highest BCUT2D eigenvalue weighted by atomic mass is 16.6. The van der Waals surface area contributed by atoms with Crippen LogP contribution in [0.15, 0.2) is 0 Å². The zero-order chi connectivity index (χ0) is 11.1. The maximum Gasteiger partial charge on any atom is 0.0841 e. The Bertz CT molecular complexity index is 160. The molecule has 1 aliphatic heterocycles. The van der Waals surface area contributed by atoms with E-state index in [1.54, 1.807) is 0 Å². The fourth-order valence-electron chi connectivity index (χ4n) is 2.97. The van der Waals surface area contributed by atoms with E-state index in [2.05, 4.69) is 0 Å². The normalized spacial score (nSPS) is 34.5. The van der Waals surface area contributed by atoms with Crippen molar-refractivity contribution in [1.82, 2.24) is 0 Å². The molecule has 1 saturated carbocycles. The molecule has 16 heavy (non-hydrogen) atoms. The molecule has 1 heterocycles. The summed E-state index contributed by atoms with van der Waals surface area (Å²) in [4.78, 5) is 0. The lowest BCUT2D eigenvalue weighted by Gasteiger charge is -2.01. The fraction of sp³-hybridized carbons (Fsp3) is 1.00. The quantitative estimate of drug-likeness (QED) is 0.536. The van der Waals surface area contributed by atoms with Gasteiger partial charge in [-0.05, 0) is 12.8 Å². The number of fused-ring (bicyclic) bond motifs is 1. The van der Waals surface area contributed by atoms with Gasteiger partial charge in [0.05, 0.1) is 12.2 Å². The predicted molar refractivity (Wildman–Crippen MR) is 68.7 cm³/mol. The standard InChI is InChI=1S/C15H28O/c1-2-4-6-8-10-12-14-15(16-14)13-11-9-7-5-3-1/h14-15H,1-13H2. The first kappa shape index (κ1) is 12.4. The van der Waals surface area contributed by atoms with Gasteiger partial charge in [0, 0.05) is 0 Å². The smallest absolute Gasteiger partial charge is 0.0841 e. The molecule has 0 radical (unpaired) electrons. The topological polar surface area (TPSA) is 12.5 Å². The summed E-state index contributed by atoms with van der Waals surface area (Å²) in [5.41, 5.74) is 0. The van der Waals surface area contributed by atoms with Crippen LogP contribution in [0.25, 0.3) is 0 Å². The van der Waals surface area contributed by atoms with E-state index in [-0.39, 0.29) is 0 Å². The molecular formula is C15H28O. The van der Waals surface area contributed by atoms with Gasteiger partial charge in [-0.3, -0.25) is 0 Å². The highest BCUT2D eigenvalue weighted by Crippen LogP contribution is 2.32. The lowest BCUT2D eigenvalue weighted by molar-refractivity contribution is 0.347. The minimum Gasteiger partial charge on any atom is -0.370 e. The molecule has 2 rings (SSSR count). The molecule has 0 amide bonds. The molecule has 0 spiro atoms. The molecule has 0 aromatic carbocycles. The van der Waals surface area contributed by atoms with Crippen LogP contribution >= 0.6 is 0 Å². The van der Waals surface area contributed by atoms with Gasteiger partial charge >= 0.3 is 0 Å². The largest absolute Gasteiger partial charge is 0.370 e. The van der Waals surface area contributed by atoms with Crippen molar-refractivity contribution in [1.29, 1.82) is 0 Å². The van der Waals surface area contributed by atoms with E-state index in [9.17, 15) is 0 Å². The summed E-state index contributed by atoms with van der Waals surface area (Å²) in [7, 11) is 0. The maximum atomic E-state index is 5.72. The van der Waals surface area contributed by atoms with Crippen LogP contribution in [0.4, 0.5) is 0 Å². The number of hydrogen-bond donors (Lipinski definition) is 0. The van der Waals surface area contributed by atoms with Gasteiger partial charge in [0.25, 0.3) is 0 Å². The second-order valence-corrected chi connectivity index (χ2v) is 5.68. The van der Waals surface area contributed by atoms with Crippen LogP contribution in [0.5, 0.6) is 0 Å². The minimum atomic E-state index is 0.658. The average molecular weight is 224 g/mol. The lowest BCUT2D eigenvalue weighted by Crippen LogP contribution is -1.94. The van der Waals surface area contributed by atoms with Crippen molar-refractivity contribution in [2.45, 2.75) is 95.7 Å². The fourth-order valence-corrected chi connectivity index (χ4v) is 2.97. The van der Waals surface area contributed by atoms with E-state index in [1.807, 2.05) is 0 Å². The van der Waals surface area contributed by atoms with Crippen molar-refractivity contribution < 1.29 is 4.74 Å². The van der Waals surface area contributed by atoms with E-state index in [4.69, 9.17) is 4.74 Å². The molecule has 1 aliphatic carbocycles. The molecule has 2 atom stereocenters. The Balaban J connectivity index is 1.60. The van der Waals surface area contributed by atoms with E-state index >= 15 is 0 Å². The van der Waals surface area contributed by atoms with Crippen molar-refractivity contribution >= 4 is 0 Å². The molecule has 1 saturated heterocycles. The molecule has 0 N–H and O–H groups in total. The lowest BCUT2D eigenvalue weighted by atomic mass is 10.1. The summed E-state index contributed by atoms with van der Waals surface area (Å²) in [5, 5.41) is 0. The summed E-state index contributed by atoms with van der Waals surface area (Å²) in [6, 6.07) is 0. The molecule has 1 heteroatoms. The van der Waals surface area contributed by atoms with Crippen LogP contribution in [0, 0.1) is 0 Å². The summed E-state index contributed by atoms with van der Waals surface area (Å²) in [5.74, 6) is 0. The highest BCUT2D eigenvalue weighted by Gasteiger charge is 2.36. The van der Waals surface area contributed by atoms with Crippen LogP contribution < -0.4 is 0 Å². The second-order valence-electron chi connectivity index (χ2n) is 5.68. The van der Waals surface area contributed by atoms with Gasteiger partial charge in [0.15, 0.2) is 0 Å². The third-order valence-corrected chi connectivity index (χ3v) is 4.16. The molecule has 94 valence electrons. The Hall–Kier alpha value is -0.0400. The number of rotatable bonds is 0. The van der Waals surface area contributed by atoms with Crippen LogP contribution in [0.3, 0.4) is 0 Å². The molecule has 2 fully saturated rings. The molecule has 2 unspecified atom stereocenters. The summed E-state index contributed by atoms with van der Waals surface area (Å²) in [6.45, 7) is 0. The Morgan fingerprint density at radius 1 is 0.438 bits per heavy atom. The summed E-state index contributed by atoms with van der Waals surface area (Å²) >= 11 is 0. The zero-order valence-corrected chi connectivity index (χ0v) is 10.8. The first-order valence-electron chi connectivity index (χ1n) is 7.62. The van der Waals surface area contributed by atoms with Crippen LogP contribution in [-0.2, 0) is 4.74 Å². The SMILES string of the molecule is C1CCCCCCC2OC2CCCCCC1. The van der Waals surface area contributed by atoms with Gasteiger partial charge in [0.1, 0.15) is 0 Å². The van der Waals surface area contributed by atoms with Gasteiger partial charge in [-0.25, -0.2) is 0 Å². The third kappa shape index (κ3) is 4.86. The Morgan fingerprint density at radius 2 is 0.750 bits per heavy atom. The number of ether oxygens (including phenoxy) is 1. The van der Waals surface area contributed by atoms with Crippen LogP contribution in [0.1, 0.15) is 83.5 Å². The van der Waals surface area contributed by atoms with Crippen molar-refractivity contribution in [3.63, 3.8) is 0 Å². The third-order valence-electron chi connectivity index (χ3n) is 4.16. The number of hydrogen-bond acceptors (Lipinski definition) is 1. The van der Waals surface area contributed by atoms with Gasteiger partial charge in [0.2, 0.25) is 0 Å². The van der Waals surface area contributed by atoms with Crippen LogP contribution in [0.2, 0.25) is 0 Å². The van der Waals surface area contributed by atoms with Gasteiger partial charge in [-0.2, -0.15) is 0 Å². The summed E-state index contributed by atoms with van der Waals surface area (Å²) < 4.78 is 5.72. The van der Waals surface area contributed by atoms with E-state index in [0.29, 0.717) is 12.2 Å². The minimum absolute atomic E-state index is 0.658. The first-order valence-corrected chi connectivity index (χ1v) is 7.62. The first-order chi connectivity index (χ1) is 7.97. The van der Waals surface area contributed by atoms with Gasteiger partial charge in [-0.1, -0.05) is 70.6 Å². The Kier molecular flexibility index (Phi) is 5.68. The molecule has 0 bridgehead atoms. The van der Waals surface area contributed by atoms with Crippen molar-refractivity contribution in [3.8, 4) is 0 Å². The highest BCUT2D eigenvalue weighted by molar-refractivity contribution is 4.84. The second kappa shape index (κ2) is 7.32. The predicted octanol–water partition coefficient (Wildman–Crippen LogP) is 4.84. The Morgan fingerprint density at radius 3 is 1.12 bits per heavy atom. The van der Waals surface area contributed by atoms with Crippen molar-refractivity contribution in [3.05, 3.63) is 0 Å². The maximum absolute atomic E-state index is 5.72. The number of epoxide rings is 1. The molecule has 1 nitrogen and oxygen atoms in total. The molecule has 2 aliphatic rings. The molecule has 0 aromatic heterocycles. The van der Waals surface area contributed by atoms with E-state index in [1.165, 1.54) is 83.5 Å². The van der Waals surface area contributed by atoms with Gasteiger partial charge in [-0.15, -0.1) is 0 Å². The monoisotopic (exact) mass is 224 g/mol. The summed E-state index contributed by atoms with van der Waals surface area (Å²) in [6.07, 6.45) is 19.9. The van der Waals surface area contributed by atoms with Crippen molar-refractivity contribution in [2.24, 2.45) is 0 Å². The van der Waals surface area contributed by atoms with Crippen molar-refractivity contribution in [2.75, 3.05) is 0 Å². The average Bonchev–Trinajstić information content (AvgIpc) is 3.02. The van der Waals surface area contributed by atoms with E-state index in [0.717, 1.165) is 0 Å².